The number of ether oxygens (including phenoxy) is 2. The van der Waals surface area contributed by atoms with Crippen LogP contribution < -0.4 is 4.74 Å². The Balaban J connectivity index is 2.73. The summed E-state index contributed by atoms with van der Waals surface area (Å²) in [5.74, 6) is 0.304. The van der Waals surface area contributed by atoms with E-state index < -0.39 is 11.0 Å². The van der Waals surface area contributed by atoms with Crippen molar-refractivity contribution in [3.8, 4) is 5.75 Å². The molecule has 0 aliphatic heterocycles. The monoisotopic (exact) mass is 257 g/mol. The number of rotatable bonds is 7. The van der Waals surface area contributed by atoms with Gasteiger partial charge in [0.05, 0.1) is 18.1 Å². The number of hydrogen-bond acceptors (Lipinski definition) is 6. The molecule has 100 valence electrons. The number of nitro groups is 1. The van der Waals surface area contributed by atoms with Gasteiger partial charge in [-0.1, -0.05) is 0 Å². The van der Waals surface area contributed by atoms with Gasteiger partial charge >= 0.3 is 0 Å². The van der Waals surface area contributed by atoms with Gasteiger partial charge < -0.3 is 19.7 Å². The van der Waals surface area contributed by atoms with Crippen molar-refractivity contribution in [3.63, 3.8) is 0 Å². The minimum Gasteiger partial charge on any atom is -0.490 e. The fourth-order valence-electron chi connectivity index (χ4n) is 1.37. The second kappa shape index (κ2) is 6.90. The highest BCUT2D eigenvalue weighted by atomic mass is 16.6. The van der Waals surface area contributed by atoms with Gasteiger partial charge in [-0.05, 0) is 6.07 Å². The van der Waals surface area contributed by atoms with Gasteiger partial charge in [-0.3, -0.25) is 10.1 Å². The Hall–Kier alpha value is -1.70. The van der Waals surface area contributed by atoms with E-state index in [1.54, 1.807) is 0 Å². The second-order valence-electron chi connectivity index (χ2n) is 3.63. The average Bonchev–Trinajstić information content (AvgIpc) is 2.36. The van der Waals surface area contributed by atoms with Gasteiger partial charge in [-0.25, -0.2) is 0 Å². The molecule has 0 saturated carbocycles. The summed E-state index contributed by atoms with van der Waals surface area (Å²) in [5.41, 5.74) is 0.178. The predicted molar refractivity (Wildman–Crippen MR) is 62.4 cm³/mol. The predicted octanol–water partition coefficient (Wildman–Crippen LogP) is 0.473. The van der Waals surface area contributed by atoms with Gasteiger partial charge in [0.25, 0.3) is 5.69 Å². The van der Waals surface area contributed by atoms with E-state index in [0.717, 1.165) is 0 Å². The maximum atomic E-state index is 10.6. The van der Waals surface area contributed by atoms with Gasteiger partial charge in [0, 0.05) is 24.8 Å². The lowest BCUT2D eigenvalue weighted by atomic mass is 10.2. The van der Waals surface area contributed by atoms with Crippen molar-refractivity contribution in [2.45, 2.75) is 12.7 Å². The highest BCUT2D eigenvalue weighted by molar-refractivity contribution is 5.43. The van der Waals surface area contributed by atoms with Crippen LogP contribution in [0.25, 0.3) is 0 Å². The molecule has 0 aliphatic carbocycles. The lowest BCUT2D eigenvalue weighted by molar-refractivity contribution is -0.385. The summed E-state index contributed by atoms with van der Waals surface area (Å²) < 4.78 is 9.99. The number of aliphatic hydroxyl groups is 2. The van der Waals surface area contributed by atoms with Crippen molar-refractivity contribution in [2.24, 2.45) is 0 Å². The number of nitro benzene ring substituents is 1. The lowest BCUT2D eigenvalue weighted by Crippen LogP contribution is -2.22. The molecule has 0 amide bonds. The molecule has 1 aromatic rings. The van der Waals surface area contributed by atoms with E-state index in [9.17, 15) is 15.2 Å². The first-order chi connectivity index (χ1) is 8.58. The summed E-state index contributed by atoms with van der Waals surface area (Å²) >= 11 is 0. The summed E-state index contributed by atoms with van der Waals surface area (Å²) in [6, 6.07) is 3.90. The smallest absolute Gasteiger partial charge is 0.270 e. The van der Waals surface area contributed by atoms with Crippen LogP contribution in [-0.4, -0.2) is 41.6 Å². The van der Waals surface area contributed by atoms with Crippen molar-refractivity contribution in [1.82, 2.24) is 0 Å². The van der Waals surface area contributed by atoms with Gasteiger partial charge in [0.2, 0.25) is 0 Å². The van der Waals surface area contributed by atoms with E-state index in [4.69, 9.17) is 14.6 Å². The Morgan fingerprint density at radius 2 is 2.17 bits per heavy atom. The zero-order valence-corrected chi connectivity index (χ0v) is 9.91. The molecule has 0 aromatic heterocycles. The van der Waals surface area contributed by atoms with Crippen molar-refractivity contribution in [3.05, 3.63) is 33.9 Å². The molecule has 1 rings (SSSR count). The minimum absolute atomic E-state index is 0.0152. The first-order valence-corrected chi connectivity index (χ1v) is 5.26. The summed E-state index contributed by atoms with van der Waals surface area (Å²) in [4.78, 5) is 10.0. The van der Waals surface area contributed by atoms with Crippen LogP contribution in [0.3, 0.4) is 0 Å². The van der Waals surface area contributed by atoms with Crippen LogP contribution in [0.2, 0.25) is 0 Å². The van der Waals surface area contributed by atoms with Gasteiger partial charge in [0.15, 0.2) is 0 Å². The van der Waals surface area contributed by atoms with E-state index in [1.165, 1.54) is 25.3 Å². The molecular formula is C11H15NO6. The molecule has 1 aromatic carbocycles. The van der Waals surface area contributed by atoms with Gasteiger partial charge in [-0.15, -0.1) is 0 Å². The van der Waals surface area contributed by atoms with Crippen LogP contribution in [0.15, 0.2) is 18.2 Å². The van der Waals surface area contributed by atoms with Crippen LogP contribution in [0.4, 0.5) is 5.69 Å². The summed E-state index contributed by atoms with van der Waals surface area (Å²) in [6.07, 6.45) is -0.795. The number of benzene rings is 1. The molecule has 0 aliphatic rings. The van der Waals surface area contributed by atoms with E-state index in [2.05, 4.69) is 0 Å². The Morgan fingerprint density at radius 3 is 2.72 bits per heavy atom. The molecule has 1 unspecified atom stereocenters. The van der Waals surface area contributed by atoms with Crippen LogP contribution >= 0.6 is 0 Å². The SMILES string of the molecule is COCC(O)COc1ccc([N+](=O)[O-])cc1CO. The third kappa shape index (κ3) is 3.95. The van der Waals surface area contributed by atoms with Crippen molar-refractivity contribution in [1.29, 1.82) is 0 Å². The molecular weight excluding hydrogens is 242 g/mol. The van der Waals surface area contributed by atoms with E-state index in [-0.39, 0.29) is 25.5 Å². The lowest BCUT2D eigenvalue weighted by Gasteiger charge is -2.13. The zero-order chi connectivity index (χ0) is 13.5. The standard InChI is InChI=1S/C11H15NO6/c1-17-6-10(14)7-18-11-3-2-9(12(15)16)4-8(11)5-13/h2-4,10,13-14H,5-7H2,1H3. The normalized spacial score (nSPS) is 12.2. The van der Waals surface area contributed by atoms with Gasteiger partial charge in [0.1, 0.15) is 18.5 Å². The maximum absolute atomic E-state index is 10.6. The fraction of sp³-hybridized carbons (Fsp3) is 0.455. The number of methoxy groups -OCH3 is 1. The van der Waals surface area contributed by atoms with Crippen molar-refractivity contribution in [2.75, 3.05) is 20.3 Å². The van der Waals surface area contributed by atoms with Crippen molar-refractivity contribution >= 4 is 5.69 Å². The Bertz CT molecular complexity index is 409. The van der Waals surface area contributed by atoms with Crippen LogP contribution in [0.1, 0.15) is 5.56 Å². The Kier molecular flexibility index (Phi) is 5.50. The number of non-ortho nitro benzene ring substituents is 1. The minimum atomic E-state index is -0.795. The molecule has 1 atom stereocenters. The molecule has 0 saturated heterocycles. The number of aliphatic hydroxyl groups excluding tert-OH is 2. The largest absolute Gasteiger partial charge is 0.490 e. The Morgan fingerprint density at radius 1 is 1.44 bits per heavy atom. The van der Waals surface area contributed by atoms with Crippen LogP contribution in [0, 0.1) is 10.1 Å². The highest BCUT2D eigenvalue weighted by Gasteiger charge is 2.12. The van der Waals surface area contributed by atoms with Crippen LogP contribution in [-0.2, 0) is 11.3 Å². The Labute approximate surface area is 104 Å². The number of nitrogens with zero attached hydrogens (tertiary/aromatic N) is 1. The summed E-state index contributed by atoms with van der Waals surface area (Å²) in [5, 5.41) is 29.1. The molecule has 0 bridgehead atoms. The topological polar surface area (TPSA) is 102 Å². The second-order valence-corrected chi connectivity index (χ2v) is 3.63. The van der Waals surface area contributed by atoms with E-state index in [1.807, 2.05) is 0 Å². The summed E-state index contributed by atoms with van der Waals surface area (Å²) in [7, 11) is 1.45. The quantitative estimate of drug-likeness (QED) is 0.544. The first kappa shape index (κ1) is 14.4. The molecule has 7 heteroatoms. The molecule has 0 spiro atoms. The molecule has 0 heterocycles. The van der Waals surface area contributed by atoms with E-state index >= 15 is 0 Å². The van der Waals surface area contributed by atoms with Crippen molar-refractivity contribution < 1.29 is 24.6 Å². The third-order valence-electron chi connectivity index (χ3n) is 2.22. The highest BCUT2D eigenvalue weighted by Crippen LogP contribution is 2.24. The van der Waals surface area contributed by atoms with E-state index in [0.29, 0.717) is 11.3 Å². The summed E-state index contributed by atoms with van der Waals surface area (Å²) in [6.45, 7) is -0.266. The zero-order valence-electron chi connectivity index (χ0n) is 9.91. The van der Waals surface area contributed by atoms with Gasteiger partial charge in [-0.2, -0.15) is 0 Å². The fourth-order valence-corrected chi connectivity index (χ4v) is 1.37. The molecule has 18 heavy (non-hydrogen) atoms. The molecule has 0 fully saturated rings. The van der Waals surface area contributed by atoms with Crippen LogP contribution in [0.5, 0.6) is 5.75 Å². The molecule has 7 nitrogen and oxygen atoms in total. The molecule has 0 radical (unpaired) electrons. The number of hydrogen-bond donors (Lipinski definition) is 2. The maximum Gasteiger partial charge on any atom is 0.270 e. The average molecular weight is 257 g/mol. The first-order valence-electron chi connectivity index (χ1n) is 5.26. The molecule has 2 N–H and O–H groups in total. The third-order valence-corrected chi connectivity index (χ3v) is 2.22.